The molecule has 3 N–H and O–H groups in total. The Morgan fingerprint density at radius 3 is 2.04 bits per heavy atom. The Kier molecular flexibility index (Phi) is 7.53. The first-order valence-electron chi connectivity index (χ1n) is 19.1. The third kappa shape index (κ3) is 4.85. The van der Waals surface area contributed by atoms with Crippen molar-refractivity contribution < 1.29 is 0 Å². The zero-order chi connectivity index (χ0) is 35.6. The van der Waals surface area contributed by atoms with Crippen LogP contribution in [0.2, 0.25) is 0 Å². The molecule has 0 bridgehead atoms. The van der Waals surface area contributed by atoms with Gasteiger partial charge in [-0.05, 0) is 91.9 Å². The molecule has 1 saturated heterocycles. The Morgan fingerprint density at radius 2 is 1.20 bits per heavy atom. The Bertz CT molecular complexity index is 2780. The average molecular weight is 714 g/mol. The van der Waals surface area contributed by atoms with E-state index < -0.39 is 5.41 Å². The van der Waals surface area contributed by atoms with Crippen molar-refractivity contribution in [1.82, 2.24) is 16.0 Å². The van der Waals surface area contributed by atoms with Crippen LogP contribution >= 0.6 is 11.3 Å². The highest BCUT2D eigenvalue weighted by atomic mass is 32.1. The van der Waals surface area contributed by atoms with Crippen molar-refractivity contribution in [3.05, 3.63) is 215 Å². The summed E-state index contributed by atoms with van der Waals surface area (Å²) in [4.78, 5) is 0. The number of fused-ring (bicyclic) bond motifs is 7. The fourth-order valence-electron chi connectivity index (χ4n) is 9.57. The monoisotopic (exact) mass is 713 g/mol. The van der Waals surface area contributed by atoms with Crippen molar-refractivity contribution >= 4 is 42.3 Å². The van der Waals surface area contributed by atoms with Gasteiger partial charge in [-0.2, -0.15) is 0 Å². The summed E-state index contributed by atoms with van der Waals surface area (Å²) in [5.41, 5.74) is 11.3. The number of benzene rings is 7. The van der Waals surface area contributed by atoms with E-state index in [0.717, 1.165) is 12.8 Å². The van der Waals surface area contributed by atoms with Gasteiger partial charge >= 0.3 is 0 Å². The molecule has 260 valence electrons. The average Bonchev–Trinajstić information content (AvgIpc) is 3.77. The molecule has 0 spiro atoms. The van der Waals surface area contributed by atoms with E-state index in [1.807, 2.05) is 11.3 Å². The van der Waals surface area contributed by atoms with E-state index in [1.54, 1.807) is 0 Å². The quantitative estimate of drug-likeness (QED) is 0.166. The lowest BCUT2D eigenvalue weighted by atomic mass is 9.66. The smallest absolute Gasteiger partial charge is 0.0876 e. The zero-order valence-corrected chi connectivity index (χ0v) is 30.6. The summed E-state index contributed by atoms with van der Waals surface area (Å²) in [5, 5.41) is 17.4. The molecule has 1 aliphatic heterocycles. The number of hydrogen-bond acceptors (Lipinski definition) is 4. The van der Waals surface area contributed by atoms with Gasteiger partial charge in [0, 0.05) is 20.2 Å². The lowest BCUT2D eigenvalue weighted by Gasteiger charge is -2.41. The van der Waals surface area contributed by atoms with Gasteiger partial charge in [-0.15, -0.1) is 11.3 Å². The highest BCUT2D eigenvalue weighted by Gasteiger charge is 2.49. The number of allylic oxidation sites excluding steroid dienone is 4. The predicted octanol–water partition coefficient (Wildman–Crippen LogP) is 12.0. The van der Waals surface area contributed by atoms with E-state index >= 15 is 0 Å². The summed E-state index contributed by atoms with van der Waals surface area (Å²) < 4.78 is 2.64. The van der Waals surface area contributed by atoms with Crippen LogP contribution in [0.25, 0.3) is 42.1 Å². The van der Waals surface area contributed by atoms with E-state index in [4.69, 9.17) is 0 Å². The minimum Gasteiger partial charge on any atom is -0.279 e. The summed E-state index contributed by atoms with van der Waals surface area (Å²) >= 11 is 1.87. The second-order valence-electron chi connectivity index (χ2n) is 14.8. The molecule has 1 aromatic heterocycles. The van der Waals surface area contributed by atoms with Crippen LogP contribution in [0.1, 0.15) is 64.7 Å². The SMILES string of the molecule is C1=CC(C2(c3ccccc3)c3ccccc3-c3c2cc2ccccc2c3C2NC(c3ccccc3)NC(c3ccc4c(c3)sc3ccccc34)N2)=CCC1. The first-order valence-corrected chi connectivity index (χ1v) is 19.9. The molecule has 2 aliphatic carbocycles. The van der Waals surface area contributed by atoms with Gasteiger partial charge in [0.2, 0.25) is 0 Å². The second kappa shape index (κ2) is 12.8. The van der Waals surface area contributed by atoms with Crippen LogP contribution in [0, 0.1) is 0 Å². The van der Waals surface area contributed by atoms with Crippen molar-refractivity contribution in [2.75, 3.05) is 0 Å². The molecule has 4 unspecified atom stereocenters. The van der Waals surface area contributed by atoms with Crippen LogP contribution in [0.15, 0.2) is 182 Å². The summed E-state index contributed by atoms with van der Waals surface area (Å²) in [7, 11) is 0. The largest absolute Gasteiger partial charge is 0.279 e. The molecular weight excluding hydrogens is 675 g/mol. The maximum atomic E-state index is 4.14. The lowest BCUT2D eigenvalue weighted by Crippen LogP contribution is -2.54. The molecule has 3 nitrogen and oxygen atoms in total. The van der Waals surface area contributed by atoms with Crippen LogP contribution in [0.5, 0.6) is 0 Å². The molecule has 2 heterocycles. The lowest BCUT2D eigenvalue weighted by molar-refractivity contribution is 0.204. The summed E-state index contributed by atoms with van der Waals surface area (Å²) in [5.74, 6) is 0. The predicted molar refractivity (Wildman–Crippen MR) is 226 cm³/mol. The van der Waals surface area contributed by atoms with E-state index in [9.17, 15) is 0 Å². The summed E-state index contributed by atoms with van der Waals surface area (Å²) in [6, 6.07) is 58.4. The molecule has 8 aromatic rings. The fourth-order valence-corrected chi connectivity index (χ4v) is 10.7. The topological polar surface area (TPSA) is 36.1 Å². The van der Waals surface area contributed by atoms with Crippen LogP contribution in [-0.4, -0.2) is 0 Å². The van der Waals surface area contributed by atoms with Crippen LogP contribution in [-0.2, 0) is 5.41 Å². The van der Waals surface area contributed by atoms with Gasteiger partial charge in [0.1, 0.15) is 0 Å². The van der Waals surface area contributed by atoms with Crippen molar-refractivity contribution in [3.8, 4) is 11.1 Å². The standard InChI is InChI=1S/C50H39N3S/c1-4-16-32(17-5-1)47-51-48(34-28-29-39-38-24-13-15-27-43(38)54-44(39)31-34)53-49(52-47)46-37-23-11-10-18-33(37)30-42-45(46)40-25-12-14-26-41(40)50(42,35-19-6-2-7-20-35)36-21-8-3-9-22-36/h1-2,4-8,10-31,47-49,51-53H,3,9H2. The van der Waals surface area contributed by atoms with E-state index in [0.29, 0.717) is 0 Å². The molecule has 4 atom stereocenters. The molecule has 4 heteroatoms. The molecule has 3 aliphatic rings. The van der Waals surface area contributed by atoms with Crippen molar-refractivity contribution in [1.29, 1.82) is 0 Å². The van der Waals surface area contributed by atoms with Crippen LogP contribution in [0.4, 0.5) is 0 Å². The Morgan fingerprint density at radius 1 is 0.519 bits per heavy atom. The fraction of sp³-hybridized carbons (Fsp3) is 0.120. The molecule has 54 heavy (non-hydrogen) atoms. The zero-order valence-electron chi connectivity index (χ0n) is 29.8. The van der Waals surface area contributed by atoms with Gasteiger partial charge < -0.3 is 0 Å². The Hall–Kier alpha value is -5.62. The Labute approximate surface area is 319 Å². The van der Waals surface area contributed by atoms with Gasteiger partial charge in [0.15, 0.2) is 0 Å². The molecule has 0 amide bonds. The maximum Gasteiger partial charge on any atom is 0.0876 e. The Balaban J connectivity index is 1.16. The van der Waals surface area contributed by atoms with E-state index in [2.05, 4.69) is 192 Å². The highest BCUT2D eigenvalue weighted by molar-refractivity contribution is 7.25. The van der Waals surface area contributed by atoms with Crippen LogP contribution < -0.4 is 16.0 Å². The number of rotatable bonds is 5. The molecule has 1 fully saturated rings. The van der Waals surface area contributed by atoms with Gasteiger partial charge in [-0.1, -0.05) is 158 Å². The van der Waals surface area contributed by atoms with Crippen molar-refractivity contribution in [2.45, 2.75) is 36.8 Å². The minimum atomic E-state index is -0.444. The molecule has 7 aromatic carbocycles. The van der Waals surface area contributed by atoms with Crippen molar-refractivity contribution in [3.63, 3.8) is 0 Å². The first-order chi connectivity index (χ1) is 26.8. The normalized spacial score (nSPS) is 22.0. The minimum absolute atomic E-state index is 0.0883. The van der Waals surface area contributed by atoms with Gasteiger partial charge in [-0.3, -0.25) is 16.0 Å². The van der Waals surface area contributed by atoms with Crippen LogP contribution in [0.3, 0.4) is 0 Å². The molecule has 0 radical (unpaired) electrons. The molecule has 0 saturated carbocycles. The van der Waals surface area contributed by atoms with E-state index in [-0.39, 0.29) is 18.5 Å². The number of thiophene rings is 1. The molecule has 11 rings (SSSR count). The second-order valence-corrected chi connectivity index (χ2v) is 15.9. The van der Waals surface area contributed by atoms with Gasteiger partial charge in [0.05, 0.1) is 23.9 Å². The first kappa shape index (κ1) is 31.9. The van der Waals surface area contributed by atoms with Gasteiger partial charge in [-0.25, -0.2) is 0 Å². The number of hydrogen-bond donors (Lipinski definition) is 3. The third-order valence-electron chi connectivity index (χ3n) is 11.9. The maximum absolute atomic E-state index is 4.14. The highest BCUT2D eigenvalue weighted by Crippen LogP contribution is 2.59. The van der Waals surface area contributed by atoms with E-state index in [1.165, 1.54) is 81.0 Å². The van der Waals surface area contributed by atoms with Crippen molar-refractivity contribution in [2.24, 2.45) is 0 Å². The summed E-state index contributed by atoms with van der Waals surface area (Å²) in [6.07, 6.45) is 8.99. The summed E-state index contributed by atoms with van der Waals surface area (Å²) in [6.45, 7) is 0. The molecular formula is C50H39N3S. The van der Waals surface area contributed by atoms with Gasteiger partial charge in [0.25, 0.3) is 0 Å². The number of nitrogens with one attached hydrogen (secondary N) is 3. The third-order valence-corrected chi connectivity index (χ3v) is 13.0.